The fourth-order valence-corrected chi connectivity index (χ4v) is 4.20. The standard InChI is InChI=1S/C21H16F2O3.C14H10F2O3/c1-25-19-12-15(21(24)20-16(22)8-5-9-17(20)23)10-11-18(19)26-13-14-6-3-2-4-7-14;1-19-12-7-8(5-6-11(12)17)14(18)13-9(15)3-2-4-10(13)16/h2-12H,13H2,1H3;2-7,17H,1H3. The Hall–Kier alpha value is -5.64. The van der Waals surface area contributed by atoms with E-state index >= 15 is 0 Å². The highest BCUT2D eigenvalue weighted by atomic mass is 19.1. The highest BCUT2D eigenvalue weighted by Crippen LogP contribution is 2.31. The summed E-state index contributed by atoms with van der Waals surface area (Å²) < 4.78 is 70.5. The van der Waals surface area contributed by atoms with Crippen molar-refractivity contribution in [2.24, 2.45) is 0 Å². The molecule has 0 bridgehead atoms. The average molecular weight is 619 g/mol. The van der Waals surface area contributed by atoms with Gasteiger partial charge in [-0.05, 0) is 66.2 Å². The number of carbonyl (C=O) groups is 2. The van der Waals surface area contributed by atoms with Crippen molar-refractivity contribution in [2.75, 3.05) is 14.2 Å². The van der Waals surface area contributed by atoms with E-state index < -0.39 is 46.0 Å². The molecule has 0 saturated heterocycles. The van der Waals surface area contributed by atoms with Gasteiger partial charge in [-0.15, -0.1) is 0 Å². The minimum Gasteiger partial charge on any atom is -0.504 e. The fraction of sp³-hybridized carbons (Fsp3) is 0.0857. The first kappa shape index (κ1) is 32.3. The average Bonchev–Trinajstić information content (AvgIpc) is 3.04. The normalized spacial score (nSPS) is 10.4. The molecule has 0 fully saturated rings. The molecule has 1 N–H and O–H groups in total. The summed E-state index contributed by atoms with van der Waals surface area (Å²) in [5.41, 5.74) is -0.109. The molecule has 0 saturated carbocycles. The third kappa shape index (κ3) is 7.66. The molecule has 0 aromatic heterocycles. The van der Waals surface area contributed by atoms with Crippen LogP contribution in [0.1, 0.15) is 37.4 Å². The van der Waals surface area contributed by atoms with E-state index in [1.165, 1.54) is 56.7 Å². The molecule has 5 rings (SSSR count). The van der Waals surface area contributed by atoms with Crippen LogP contribution in [0.2, 0.25) is 0 Å². The lowest BCUT2D eigenvalue weighted by molar-refractivity contribution is 0.102. The summed E-state index contributed by atoms with van der Waals surface area (Å²) in [5, 5.41) is 9.41. The third-order valence-corrected chi connectivity index (χ3v) is 6.48. The van der Waals surface area contributed by atoms with Crippen molar-refractivity contribution < 1.29 is 46.5 Å². The second-order valence-corrected chi connectivity index (χ2v) is 9.38. The van der Waals surface area contributed by atoms with E-state index in [0.29, 0.717) is 18.1 Å². The maximum Gasteiger partial charge on any atom is 0.199 e. The molecule has 45 heavy (non-hydrogen) atoms. The second kappa shape index (κ2) is 14.7. The lowest BCUT2D eigenvalue weighted by atomic mass is 10.0. The van der Waals surface area contributed by atoms with Gasteiger partial charge in [-0.2, -0.15) is 0 Å². The Balaban J connectivity index is 0.000000215. The number of ether oxygens (including phenoxy) is 3. The number of hydrogen-bond donors (Lipinski definition) is 1. The van der Waals surface area contributed by atoms with Crippen molar-refractivity contribution in [2.45, 2.75) is 6.61 Å². The van der Waals surface area contributed by atoms with Gasteiger partial charge in [0, 0.05) is 11.1 Å². The zero-order valence-corrected chi connectivity index (χ0v) is 24.0. The number of methoxy groups -OCH3 is 2. The molecule has 10 heteroatoms. The Labute approximate surface area is 256 Å². The summed E-state index contributed by atoms with van der Waals surface area (Å²) in [6, 6.07) is 24.2. The molecule has 0 atom stereocenters. The van der Waals surface area contributed by atoms with Gasteiger partial charge < -0.3 is 19.3 Å². The van der Waals surface area contributed by atoms with E-state index in [9.17, 15) is 32.3 Å². The molecule has 0 heterocycles. The summed E-state index contributed by atoms with van der Waals surface area (Å²) in [7, 11) is 2.75. The van der Waals surface area contributed by atoms with Gasteiger partial charge in [0.2, 0.25) is 0 Å². The van der Waals surface area contributed by atoms with E-state index in [4.69, 9.17) is 14.2 Å². The number of phenolic OH excluding ortho intramolecular Hbond substituents is 1. The zero-order valence-electron chi connectivity index (χ0n) is 24.0. The summed E-state index contributed by atoms with van der Waals surface area (Å²) in [6.45, 7) is 0.326. The van der Waals surface area contributed by atoms with E-state index in [2.05, 4.69) is 0 Å². The largest absolute Gasteiger partial charge is 0.504 e. The monoisotopic (exact) mass is 618 g/mol. The molecule has 0 aliphatic carbocycles. The zero-order chi connectivity index (χ0) is 32.5. The minimum atomic E-state index is -0.933. The molecule has 230 valence electrons. The number of benzene rings is 5. The Morgan fingerprint density at radius 3 is 1.53 bits per heavy atom. The molecule has 0 amide bonds. The van der Waals surface area contributed by atoms with Crippen molar-refractivity contribution in [1.82, 2.24) is 0 Å². The molecule has 0 radical (unpaired) electrons. The highest BCUT2D eigenvalue weighted by molar-refractivity contribution is 6.10. The number of halogens is 4. The molecule has 5 aromatic carbocycles. The number of rotatable bonds is 9. The summed E-state index contributed by atoms with van der Waals surface area (Å²) in [6.07, 6.45) is 0. The first-order valence-electron chi connectivity index (χ1n) is 13.3. The lowest BCUT2D eigenvalue weighted by Gasteiger charge is -2.12. The van der Waals surface area contributed by atoms with Gasteiger partial charge in [-0.1, -0.05) is 42.5 Å². The summed E-state index contributed by atoms with van der Waals surface area (Å²) in [4.78, 5) is 24.5. The van der Waals surface area contributed by atoms with Gasteiger partial charge in [0.15, 0.2) is 34.6 Å². The predicted molar refractivity (Wildman–Crippen MR) is 158 cm³/mol. The third-order valence-electron chi connectivity index (χ3n) is 6.48. The smallest absolute Gasteiger partial charge is 0.199 e. The number of aromatic hydroxyl groups is 1. The van der Waals surface area contributed by atoms with Crippen LogP contribution in [0.25, 0.3) is 0 Å². The lowest BCUT2D eigenvalue weighted by Crippen LogP contribution is -2.08. The number of ketones is 2. The van der Waals surface area contributed by atoms with E-state index in [-0.39, 0.29) is 22.6 Å². The Morgan fingerprint density at radius 2 is 1.04 bits per heavy atom. The first-order valence-corrected chi connectivity index (χ1v) is 13.3. The van der Waals surface area contributed by atoms with Crippen molar-refractivity contribution in [3.63, 3.8) is 0 Å². The van der Waals surface area contributed by atoms with Gasteiger partial charge in [0.05, 0.1) is 25.3 Å². The van der Waals surface area contributed by atoms with Crippen LogP contribution in [0, 0.1) is 23.3 Å². The molecule has 0 unspecified atom stereocenters. The Bertz CT molecular complexity index is 1780. The van der Waals surface area contributed by atoms with Crippen LogP contribution >= 0.6 is 0 Å². The predicted octanol–water partition coefficient (Wildman–Crippen LogP) is 7.69. The number of hydrogen-bond acceptors (Lipinski definition) is 6. The van der Waals surface area contributed by atoms with Crippen LogP contribution in [0.3, 0.4) is 0 Å². The van der Waals surface area contributed by atoms with Gasteiger partial charge in [-0.25, -0.2) is 17.6 Å². The van der Waals surface area contributed by atoms with Gasteiger partial charge in [0.25, 0.3) is 0 Å². The quantitative estimate of drug-likeness (QED) is 0.135. The molecule has 0 aliphatic heterocycles. The van der Waals surface area contributed by atoms with E-state index in [1.54, 1.807) is 6.07 Å². The van der Waals surface area contributed by atoms with Crippen molar-refractivity contribution in [1.29, 1.82) is 0 Å². The minimum absolute atomic E-state index is 0.0265. The molecule has 0 aliphatic rings. The van der Waals surface area contributed by atoms with Crippen molar-refractivity contribution in [3.05, 3.63) is 154 Å². The van der Waals surface area contributed by atoms with Crippen LogP contribution in [-0.2, 0) is 6.61 Å². The van der Waals surface area contributed by atoms with Crippen LogP contribution in [-0.4, -0.2) is 30.9 Å². The Morgan fingerprint density at radius 1 is 0.578 bits per heavy atom. The van der Waals surface area contributed by atoms with Crippen molar-refractivity contribution in [3.8, 4) is 23.0 Å². The van der Waals surface area contributed by atoms with Crippen LogP contribution in [0.15, 0.2) is 103 Å². The topological polar surface area (TPSA) is 82.1 Å². The van der Waals surface area contributed by atoms with Gasteiger partial charge >= 0.3 is 0 Å². The van der Waals surface area contributed by atoms with Gasteiger partial charge in [-0.3, -0.25) is 9.59 Å². The molecular weight excluding hydrogens is 592 g/mol. The fourth-order valence-electron chi connectivity index (χ4n) is 4.20. The van der Waals surface area contributed by atoms with E-state index in [0.717, 1.165) is 29.8 Å². The van der Waals surface area contributed by atoms with Crippen LogP contribution < -0.4 is 14.2 Å². The summed E-state index contributed by atoms with van der Waals surface area (Å²) in [5.74, 6) is -4.60. The van der Waals surface area contributed by atoms with Crippen LogP contribution in [0.4, 0.5) is 17.6 Å². The number of phenols is 1. The second-order valence-electron chi connectivity index (χ2n) is 9.38. The maximum absolute atomic E-state index is 13.8. The molecule has 6 nitrogen and oxygen atoms in total. The van der Waals surface area contributed by atoms with Crippen molar-refractivity contribution >= 4 is 11.6 Å². The SMILES string of the molecule is COc1cc(C(=O)c2c(F)cccc2F)ccc1O.COc1cc(C(=O)c2c(F)cccc2F)ccc1OCc1ccccc1. The first-order chi connectivity index (χ1) is 21.6. The number of carbonyl (C=O) groups excluding carboxylic acids is 2. The van der Waals surface area contributed by atoms with Crippen LogP contribution in [0.5, 0.6) is 23.0 Å². The molecular formula is C35H26F4O6. The van der Waals surface area contributed by atoms with Gasteiger partial charge in [0.1, 0.15) is 29.9 Å². The molecule has 0 spiro atoms. The maximum atomic E-state index is 13.8. The highest BCUT2D eigenvalue weighted by Gasteiger charge is 2.21. The summed E-state index contributed by atoms with van der Waals surface area (Å²) >= 11 is 0. The van der Waals surface area contributed by atoms with E-state index in [1.807, 2.05) is 30.3 Å². The molecule has 5 aromatic rings. The Kier molecular flexibility index (Phi) is 10.5.